The molecule has 1 aliphatic heterocycles. The number of hydrogen-bond donors (Lipinski definition) is 0. The first-order chi connectivity index (χ1) is 9.70. The lowest BCUT2D eigenvalue weighted by Gasteiger charge is -2.33. The molecule has 0 N–H and O–H groups in total. The molecule has 0 spiro atoms. The SMILES string of the molecule is CO[C@H]1Cc2ccccc2N(C(=O)c2ccnn2C)C1. The number of anilines is 1. The highest BCUT2D eigenvalue weighted by Gasteiger charge is 2.29. The van der Waals surface area contributed by atoms with E-state index in [0.29, 0.717) is 12.2 Å². The van der Waals surface area contributed by atoms with E-state index in [0.717, 1.165) is 17.7 Å². The fourth-order valence-electron chi connectivity index (χ4n) is 2.63. The zero-order valence-corrected chi connectivity index (χ0v) is 11.6. The number of para-hydroxylation sites is 1. The van der Waals surface area contributed by atoms with Crippen molar-refractivity contribution in [1.82, 2.24) is 9.78 Å². The molecule has 0 radical (unpaired) electrons. The molecule has 1 amide bonds. The highest BCUT2D eigenvalue weighted by atomic mass is 16.5. The van der Waals surface area contributed by atoms with Crippen molar-refractivity contribution >= 4 is 11.6 Å². The second-order valence-electron chi connectivity index (χ2n) is 4.95. The Hall–Kier alpha value is -2.14. The topological polar surface area (TPSA) is 47.4 Å². The van der Waals surface area contributed by atoms with Gasteiger partial charge in [0.2, 0.25) is 0 Å². The molecule has 5 nitrogen and oxygen atoms in total. The fraction of sp³-hybridized carbons (Fsp3) is 0.333. The predicted molar refractivity (Wildman–Crippen MR) is 75.8 cm³/mol. The fourth-order valence-corrected chi connectivity index (χ4v) is 2.63. The van der Waals surface area contributed by atoms with Gasteiger partial charge in [0.05, 0.1) is 12.6 Å². The second kappa shape index (κ2) is 5.09. The number of aryl methyl sites for hydroxylation is 1. The zero-order chi connectivity index (χ0) is 14.1. The zero-order valence-electron chi connectivity index (χ0n) is 11.6. The molecule has 0 unspecified atom stereocenters. The molecule has 0 fully saturated rings. The Labute approximate surface area is 117 Å². The minimum absolute atomic E-state index is 0.0297. The van der Waals surface area contributed by atoms with Gasteiger partial charge in [-0.25, -0.2) is 0 Å². The van der Waals surface area contributed by atoms with Crippen molar-refractivity contribution in [2.45, 2.75) is 12.5 Å². The normalized spacial score (nSPS) is 17.9. The van der Waals surface area contributed by atoms with Crippen LogP contribution in [0.3, 0.4) is 0 Å². The van der Waals surface area contributed by atoms with E-state index in [1.54, 1.807) is 36.0 Å². The Bertz CT molecular complexity index is 636. The Morgan fingerprint density at radius 1 is 1.35 bits per heavy atom. The highest BCUT2D eigenvalue weighted by Crippen LogP contribution is 2.29. The Kier molecular flexibility index (Phi) is 3.28. The number of hydrogen-bond acceptors (Lipinski definition) is 3. The van der Waals surface area contributed by atoms with Gasteiger partial charge in [-0.2, -0.15) is 5.10 Å². The van der Waals surface area contributed by atoms with Crippen LogP contribution in [0.25, 0.3) is 0 Å². The predicted octanol–water partition coefficient (Wildman–Crippen LogP) is 1.64. The van der Waals surface area contributed by atoms with E-state index in [9.17, 15) is 4.79 Å². The number of nitrogens with zero attached hydrogens (tertiary/aromatic N) is 3. The molecule has 2 heterocycles. The molecular weight excluding hydrogens is 254 g/mol. The Morgan fingerprint density at radius 2 is 2.15 bits per heavy atom. The number of aromatic nitrogens is 2. The molecule has 0 bridgehead atoms. The first kappa shape index (κ1) is 12.9. The first-order valence-corrected chi connectivity index (χ1v) is 6.61. The lowest BCUT2D eigenvalue weighted by atomic mass is 9.99. The summed E-state index contributed by atoms with van der Waals surface area (Å²) in [6.45, 7) is 0.567. The quantitative estimate of drug-likeness (QED) is 0.834. The molecule has 0 saturated heterocycles. The average molecular weight is 271 g/mol. The third-order valence-electron chi connectivity index (χ3n) is 3.73. The lowest BCUT2D eigenvalue weighted by Crippen LogP contribution is -2.43. The summed E-state index contributed by atoms with van der Waals surface area (Å²) in [6.07, 6.45) is 2.50. The third kappa shape index (κ3) is 2.10. The standard InChI is InChI=1S/C15H17N3O2/c1-17-14(7-8-16-17)15(19)18-10-12(20-2)9-11-5-3-4-6-13(11)18/h3-8,12H,9-10H2,1-2H3/t12-/m0/s1. The van der Waals surface area contributed by atoms with Crippen LogP contribution in [0.4, 0.5) is 5.69 Å². The molecule has 1 aromatic heterocycles. The molecule has 20 heavy (non-hydrogen) atoms. The van der Waals surface area contributed by atoms with E-state index in [-0.39, 0.29) is 12.0 Å². The summed E-state index contributed by atoms with van der Waals surface area (Å²) in [4.78, 5) is 14.5. The van der Waals surface area contributed by atoms with Gasteiger partial charge in [0.1, 0.15) is 5.69 Å². The smallest absolute Gasteiger partial charge is 0.276 e. The maximum absolute atomic E-state index is 12.7. The van der Waals surface area contributed by atoms with E-state index in [4.69, 9.17) is 4.74 Å². The molecular formula is C15H17N3O2. The first-order valence-electron chi connectivity index (χ1n) is 6.61. The van der Waals surface area contributed by atoms with Crippen molar-refractivity contribution in [2.75, 3.05) is 18.6 Å². The average Bonchev–Trinajstić information content (AvgIpc) is 2.91. The summed E-state index contributed by atoms with van der Waals surface area (Å²) < 4.78 is 7.06. The van der Waals surface area contributed by atoms with E-state index in [1.807, 2.05) is 24.3 Å². The molecule has 0 saturated carbocycles. The van der Waals surface area contributed by atoms with Crippen molar-refractivity contribution in [1.29, 1.82) is 0 Å². The summed E-state index contributed by atoms with van der Waals surface area (Å²) in [5, 5.41) is 4.07. The van der Waals surface area contributed by atoms with E-state index < -0.39 is 0 Å². The van der Waals surface area contributed by atoms with Gasteiger partial charge >= 0.3 is 0 Å². The summed E-state index contributed by atoms with van der Waals surface area (Å²) in [6, 6.07) is 9.71. The van der Waals surface area contributed by atoms with Crippen LogP contribution in [0.15, 0.2) is 36.5 Å². The molecule has 0 aliphatic carbocycles. The molecule has 1 atom stereocenters. The number of carbonyl (C=O) groups excluding carboxylic acids is 1. The Morgan fingerprint density at radius 3 is 2.85 bits per heavy atom. The number of methoxy groups -OCH3 is 1. The second-order valence-corrected chi connectivity index (χ2v) is 4.95. The number of carbonyl (C=O) groups is 1. The number of fused-ring (bicyclic) bond motifs is 1. The van der Waals surface area contributed by atoms with Crippen LogP contribution in [-0.4, -0.2) is 35.4 Å². The van der Waals surface area contributed by atoms with Gasteiger partial charge in [-0.05, 0) is 17.7 Å². The van der Waals surface area contributed by atoms with Crippen molar-refractivity contribution < 1.29 is 9.53 Å². The van der Waals surface area contributed by atoms with E-state index >= 15 is 0 Å². The minimum atomic E-state index is -0.0424. The molecule has 104 valence electrons. The monoisotopic (exact) mass is 271 g/mol. The van der Waals surface area contributed by atoms with Crippen molar-refractivity contribution in [3.8, 4) is 0 Å². The molecule has 1 aromatic carbocycles. The summed E-state index contributed by atoms with van der Waals surface area (Å²) in [5.41, 5.74) is 2.68. The van der Waals surface area contributed by atoms with Crippen molar-refractivity contribution in [3.63, 3.8) is 0 Å². The van der Waals surface area contributed by atoms with Crippen LogP contribution in [0.1, 0.15) is 16.1 Å². The van der Waals surface area contributed by atoms with Crippen LogP contribution < -0.4 is 4.90 Å². The Balaban J connectivity index is 2.00. The number of amides is 1. The molecule has 1 aliphatic rings. The minimum Gasteiger partial charge on any atom is -0.379 e. The van der Waals surface area contributed by atoms with Gasteiger partial charge in [-0.1, -0.05) is 18.2 Å². The van der Waals surface area contributed by atoms with Crippen molar-refractivity contribution in [2.24, 2.45) is 7.05 Å². The van der Waals surface area contributed by atoms with Gasteiger partial charge in [-0.3, -0.25) is 9.48 Å². The van der Waals surface area contributed by atoms with Crippen LogP contribution in [0.5, 0.6) is 0 Å². The van der Waals surface area contributed by atoms with Gasteiger partial charge in [0, 0.05) is 32.5 Å². The number of benzene rings is 1. The van der Waals surface area contributed by atoms with Gasteiger partial charge in [-0.15, -0.1) is 0 Å². The third-order valence-corrected chi connectivity index (χ3v) is 3.73. The summed E-state index contributed by atoms with van der Waals surface area (Å²) in [7, 11) is 3.46. The van der Waals surface area contributed by atoms with Gasteiger partial charge in [0.25, 0.3) is 5.91 Å². The van der Waals surface area contributed by atoms with Crippen LogP contribution in [0.2, 0.25) is 0 Å². The largest absolute Gasteiger partial charge is 0.379 e. The maximum atomic E-state index is 12.7. The molecule has 3 rings (SSSR count). The maximum Gasteiger partial charge on any atom is 0.276 e. The summed E-state index contributed by atoms with van der Waals surface area (Å²) in [5.74, 6) is -0.0424. The van der Waals surface area contributed by atoms with E-state index in [2.05, 4.69) is 5.10 Å². The van der Waals surface area contributed by atoms with Crippen LogP contribution in [0, 0.1) is 0 Å². The highest BCUT2D eigenvalue weighted by molar-refractivity contribution is 6.05. The summed E-state index contributed by atoms with van der Waals surface area (Å²) >= 11 is 0. The van der Waals surface area contributed by atoms with Gasteiger partial charge < -0.3 is 9.64 Å². The van der Waals surface area contributed by atoms with E-state index in [1.165, 1.54) is 0 Å². The number of ether oxygens (including phenoxy) is 1. The van der Waals surface area contributed by atoms with Crippen molar-refractivity contribution in [3.05, 3.63) is 47.8 Å². The molecule has 2 aromatic rings. The molecule has 5 heteroatoms. The van der Waals surface area contributed by atoms with Gasteiger partial charge in [0.15, 0.2) is 0 Å². The number of rotatable bonds is 2. The lowest BCUT2D eigenvalue weighted by molar-refractivity contribution is 0.0863. The van der Waals surface area contributed by atoms with Crippen LogP contribution >= 0.6 is 0 Å². The van der Waals surface area contributed by atoms with Crippen LogP contribution in [-0.2, 0) is 18.2 Å².